The third-order valence-corrected chi connectivity index (χ3v) is 3.67. The Balaban J connectivity index is 1.98. The molecule has 0 radical (unpaired) electrons. The minimum Gasteiger partial charge on any atom is -0.352 e. The Kier molecular flexibility index (Phi) is 11.2. The van der Waals surface area contributed by atoms with Crippen molar-refractivity contribution in [2.45, 2.75) is 25.7 Å². The van der Waals surface area contributed by atoms with Crippen molar-refractivity contribution in [1.29, 1.82) is 0 Å². The first-order valence-electron chi connectivity index (χ1n) is 8.79. The lowest BCUT2D eigenvalue weighted by Gasteiger charge is -2.07. The number of nitrogens with one attached hydrogen (secondary N) is 3. The molecular formula is C17H29N5O3. The first-order chi connectivity index (χ1) is 12.1. The number of unbranched alkanes of at least 4 members (excludes halogenated alkanes) is 1. The Labute approximate surface area is 148 Å². The molecule has 0 fully saturated rings. The summed E-state index contributed by atoms with van der Waals surface area (Å²) >= 11 is 0. The fraction of sp³-hybridized carbons (Fsp3) is 0.588. The second-order valence-electron chi connectivity index (χ2n) is 5.76. The molecule has 1 rings (SSSR count). The third kappa shape index (κ3) is 9.75. The standard InChI is InChI=1S/C17H29N5O3/c18-9-3-12-19-10-1-2-11-20-13-4-14-21-17(23)15-5-7-16(8-6-15)22(24)25/h5-8,19-20H,1-4,9-14,18H2,(H,21,23). The van der Waals surface area contributed by atoms with Gasteiger partial charge >= 0.3 is 0 Å². The molecule has 140 valence electrons. The lowest BCUT2D eigenvalue weighted by Crippen LogP contribution is -2.27. The van der Waals surface area contributed by atoms with Crippen LogP contribution in [0.25, 0.3) is 0 Å². The van der Waals surface area contributed by atoms with Gasteiger partial charge in [-0.1, -0.05) is 0 Å². The van der Waals surface area contributed by atoms with Crippen molar-refractivity contribution < 1.29 is 9.72 Å². The number of hydrogen-bond donors (Lipinski definition) is 4. The van der Waals surface area contributed by atoms with Gasteiger partial charge in [0.25, 0.3) is 11.6 Å². The summed E-state index contributed by atoms with van der Waals surface area (Å²) in [5.74, 6) is -0.210. The first kappa shape index (κ1) is 21.0. The fourth-order valence-corrected chi connectivity index (χ4v) is 2.23. The van der Waals surface area contributed by atoms with Crippen LogP contribution in [0.1, 0.15) is 36.0 Å². The van der Waals surface area contributed by atoms with E-state index in [-0.39, 0.29) is 11.6 Å². The summed E-state index contributed by atoms with van der Waals surface area (Å²) in [4.78, 5) is 22.0. The smallest absolute Gasteiger partial charge is 0.269 e. The Morgan fingerprint density at radius 3 is 2.04 bits per heavy atom. The highest BCUT2D eigenvalue weighted by atomic mass is 16.6. The van der Waals surface area contributed by atoms with Crippen molar-refractivity contribution in [2.24, 2.45) is 5.73 Å². The van der Waals surface area contributed by atoms with Crippen LogP contribution in [0.3, 0.4) is 0 Å². The number of nitrogens with two attached hydrogens (primary N) is 1. The molecule has 1 amide bonds. The van der Waals surface area contributed by atoms with E-state index in [1.165, 1.54) is 24.3 Å². The molecule has 0 unspecified atom stereocenters. The van der Waals surface area contributed by atoms with Crippen LogP contribution >= 0.6 is 0 Å². The van der Waals surface area contributed by atoms with Gasteiger partial charge in [0.2, 0.25) is 0 Å². The van der Waals surface area contributed by atoms with E-state index in [0.29, 0.717) is 12.1 Å². The summed E-state index contributed by atoms with van der Waals surface area (Å²) < 4.78 is 0. The van der Waals surface area contributed by atoms with E-state index in [0.717, 1.165) is 58.4 Å². The highest BCUT2D eigenvalue weighted by molar-refractivity contribution is 5.94. The highest BCUT2D eigenvalue weighted by Gasteiger charge is 2.08. The van der Waals surface area contributed by atoms with Crippen molar-refractivity contribution >= 4 is 11.6 Å². The Hall–Kier alpha value is -2.03. The monoisotopic (exact) mass is 351 g/mol. The summed E-state index contributed by atoms with van der Waals surface area (Å²) in [7, 11) is 0. The van der Waals surface area contributed by atoms with E-state index >= 15 is 0 Å². The zero-order valence-corrected chi connectivity index (χ0v) is 14.6. The number of nitro benzene ring substituents is 1. The Bertz CT molecular complexity index is 508. The molecule has 0 saturated carbocycles. The summed E-state index contributed by atoms with van der Waals surface area (Å²) in [6.45, 7) is 5.13. The molecule has 1 aromatic rings. The minimum atomic E-state index is -0.483. The SMILES string of the molecule is NCCCNCCCCNCCCNC(=O)c1ccc([N+](=O)[O-])cc1. The van der Waals surface area contributed by atoms with Gasteiger partial charge in [0.1, 0.15) is 0 Å². The van der Waals surface area contributed by atoms with Crippen LogP contribution in [-0.2, 0) is 0 Å². The van der Waals surface area contributed by atoms with E-state index < -0.39 is 4.92 Å². The maximum absolute atomic E-state index is 11.9. The van der Waals surface area contributed by atoms with Gasteiger partial charge < -0.3 is 21.7 Å². The van der Waals surface area contributed by atoms with Crippen LogP contribution in [0.15, 0.2) is 24.3 Å². The molecule has 0 bridgehead atoms. The Morgan fingerprint density at radius 2 is 1.48 bits per heavy atom. The average molecular weight is 351 g/mol. The number of rotatable bonds is 14. The maximum Gasteiger partial charge on any atom is 0.269 e. The minimum absolute atomic E-state index is 0.0182. The number of carbonyl (C=O) groups is 1. The second kappa shape index (κ2) is 13.3. The van der Waals surface area contributed by atoms with Gasteiger partial charge in [-0.2, -0.15) is 0 Å². The van der Waals surface area contributed by atoms with Crippen molar-refractivity contribution in [3.8, 4) is 0 Å². The number of benzene rings is 1. The summed E-state index contributed by atoms with van der Waals surface area (Å²) in [5.41, 5.74) is 5.83. The van der Waals surface area contributed by atoms with E-state index in [2.05, 4.69) is 16.0 Å². The number of carbonyl (C=O) groups excluding carboxylic acids is 1. The predicted octanol–water partition coefficient (Wildman–Crippen LogP) is 1.02. The first-order valence-corrected chi connectivity index (χ1v) is 8.79. The van der Waals surface area contributed by atoms with Gasteiger partial charge in [-0.3, -0.25) is 14.9 Å². The van der Waals surface area contributed by atoms with Gasteiger partial charge in [0.15, 0.2) is 0 Å². The summed E-state index contributed by atoms with van der Waals surface area (Å²) in [6, 6.07) is 5.60. The fourth-order valence-electron chi connectivity index (χ4n) is 2.23. The van der Waals surface area contributed by atoms with E-state index in [1.807, 2.05) is 0 Å². The molecule has 25 heavy (non-hydrogen) atoms. The average Bonchev–Trinajstić information content (AvgIpc) is 2.62. The molecule has 0 heterocycles. The molecule has 1 aromatic carbocycles. The number of nitro groups is 1. The zero-order valence-electron chi connectivity index (χ0n) is 14.6. The van der Waals surface area contributed by atoms with Crippen LogP contribution in [0.2, 0.25) is 0 Å². The normalized spacial score (nSPS) is 10.6. The van der Waals surface area contributed by atoms with Crippen LogP contribution in [0.4, 0.5) is 5.69 Å². The molecule has 0 aliphatic carbocycles. The van der Waals surface area contributed by atoms with Gasteiger partial charge in [-0.05, 0) is 70.5 Å². The van der Waals surface area contributed by atoms with Crippen molar-refractivity contribution in [1.82, 2.24) is 16.0 Å². The molecule has 8 nitrogen and oxygen atoms in total. The number of hydrogen-bond acceptors (Lipinski definition) is 6. The van der Waals surface area contributed by atoms with Crippen molar-refractivity contribution in [2.75, 3.05) is 39.3 Å². The zero-order chi connectivity index (χ0) is 18.3. The molecule has 0 aromatic heterocycles. The quantitative estimate of drug-likeness (QED) is 0.225. The van der Waals surface area contributed by atoms with E-state index in [4.69, 9.17) is 5.73 Å². The van der Waals surface area contributed by atoms with Crippen molar-refractivity contribution in [3.63, 3.8) is 0 Å². The van der Waals surface area contributed by atoms with E-state index in [9.17, 15) is 14.9 Å². The molecule has 8 heteroatoms. The van der Waals surface area contributed by atoms with Gasteiger partial charge in [-0.15, -0.1) is 0 Å². The van der Waals surface area contributed by atoms with Crippen LogP contribution in [0, 0.1) is 10.1 Å². The molecule has 5 N–H and O–H groups in total. The van der Waals surface area contributed by atoms with Gasteiger partial charge in [0, 0.05) is 24.2 Å². The molecule has 0 saturated heterocycles. The maximum atomic E-state index is 11.9. The predicted molar refractivity (Wildman–Crippen MR) is 98.7 cm³/mol. The van der Waals surface area contributed by atoms with Gasteiger partial charge in [0.05, 0.1) is 4.92 Å². The van der Waals surface area contributed by atoms with Crippen LogP contribution in [0.5, 0.6) is 0 Å². The lowest BCUT2D eigenvalue weighted by atomic mass is 10.2. The second-order valence-corrected chi connectivity index (χ2v) is 5.76. The molecule has 0 aliphatic heterocycles. The largest absolute Gasteiger partial charge is 0.352 e. The molecule has 0 spiro atoms. The van der Waals surface area contributed by atoms with Crippen LogP contribution in [-0.4, -0.2) is 50.1 Å². The van der Waals surface area contributed by atoms with Gasteiger partial charge in [-0.25, -0.2) is 0 Å². The van der Waals surface area contributed by atoms with E-state index in [1.54, 1.807) is 0 Å². The molecule has 0 atom stereocenters. The lowest BCUT2D eigenvalue weighted by molar-refractivity contribution is -0.384. The number of non-ortho nitro benzene ring substituents is 1. The molecule has 0 aliphatic rings. The summed E-state index contributed by atoms with van der Waals surface area (Å²) in [6.07, 6.45) is 4.11. The molecular weight excluding hydrogens is 322 g/mol. The topological polar surface area (TPSA) is 122 Å². The number of amides is 1. The summed E-state index contributed by atoms with van der Waals surface area (Å²) in [5, 5.41) is 20.1. The van der Waals surface area contributed by atoms with Crippen LogP contribution < -0.4 is 21.7 Å². The number of nitrogens with zero attached hydrogens (tertiary/aromatic N) is 1. The third-order valence-electron chi connectivity index (χ3n) is 3.67. The Morgan fingerprint density at radius 1 is 0.920 bits per heavy atom. The highest BCUT2D eigenvalue weighted by Crippen LogP contribution is 2.11. The van der Waals surface area contributed by atoms with Crippen molar-refractivity contribution in [3.05, 3.63) is 39.9 Å².